The molecule has 0 unspecified atom stereocenters. The quantitative estimate of drug-likeness (QED) is 0.0302. The molecule has 3 amide bonds. The van der Waals surface area contributed by atoms with Gasteiger partial charge in [-0.3, -0.25) is 34.6 Å². The molecule has 0 spiro atoms. The van der Waals surface area contributed by atoms with Crippen molar-refractivity contribution in [2.75, 3.05) is 27.0 Å². The molecule has 0 aliphatic carbocycles. The lowest BCUT2D eigenvalue weighted by atomic mass is 10.1. The summed E-state index contributed by atoms with van der Waals surface area (Å²) in [7, 11) is 0. The Bertz CT molecular complexity index is 4650. The number of nitrogens with zero attached hydrogens (tertiary/aromatic N) is 11. The van der Waals surface area contributed by atoms with Crippen molar-refractivity contribution in [3.05, 3.63) is 248 Å². The Morgan fingerprint density at radius 2 is 0.802 bits per heavy atom. The largest absolute Gasteiger partial charge is 0.397 e. The first-order chi connectivity index (χ1) is 41.3. The zero-order valence-electron chi connectivity index (χ0n) is 46.3. The van der Waals surface area contributed by atoms with E-state index in [1.807, 2.05) is 143 Å². The lowest BCUT2D eigenvalue weighted by Gasteiger charge is -2.13. The number of nitrogen functional groups attached to an aromatic ring is 1. The van der Waals surface area contributed by atoms with Gasteiger partial charge in [0.1, 0.15) is 12.4 Å². The van der Waals surface area contributed by atoms with Gasteiger partial charge < -0.3 is 44.2 Å². The molecule has 8 heterocycles. The molecule has 12 aromatic rings. The zero-order chi connectivity index (χ0) is 61.3. The van der Waals surface area contributed by atoms with Crippen LogP contribution in [0, 0.1) is 54.5 Å². The van der Waals surface area contributed by atoms with E-state index in [1.165, 1.54) is 58.3 Å². The number of primary amides is 3. The molecule has 86 heavy (non-hydrogen) atoms. The van der Waals surface area contributed by atoms with Gasteiger partial charge in [0.15, 0.2) is 0 Å². The summed E-state index contributed by atoms with van der Waals surface area (Å²) in [5.74, 6) is -1.71. The number of aryl methyl sites for hydroxylation is 4. The van der Waals surface area contributed by atoms with Crippen LogP contribution >= 0.6 is 0 Å². The van der Waals surface area contributed by atoms with Gasteiger partial charge in [-0.15, -0.1) is 0 Å². The van der Waals surface area contributed by atoms with Crippen molar-refractivity contribution in [1.29, 1.82) is 0 Å². The third-order valence-electron chi connectivity index (χ3n) is 13.4. The Balaban J connectivity index is 0.000000137. The number of carbonyl (C=O) groups is 3. The maximum atomic E-state index is 11.7. The third-order valence-corrected chi connectivity index (χ3v) is 13.4. The number of benzene rings is 4. The van der Waals surface area contributed by atoms with Crippen LogP contribution in [-0.4, -0.2) is 66.0 Å². The first kappa shape index (κ1) is 58.0. The summed E-state index contributed by atoms with van der Waals surface area (Å²) in [5.41, 5.74) is 35.8. The van der Waals surface area contributed by atoms with Gasteiger partial charge in [-0.25, -0.2) is 22.9 Å². The number of aromatic nitrogens is 8. The number of nitro groups is 2. The maximum absolute atomic E-state index is 11.7. The van der Waals surface area contributed by atoms with Crippen LogP contribution in [0.1, 0.15) is 53.3 Å². The first-order valence-electron chi connectivity index (χ1n) is 25.9. The Morgan fingerprint density at radius 1 is 0.465 bits per heavy atom. The number of anilines is 9. The standard InChI is InChI=1S/C15H13N5O3.C15H11N5O2.C15H15N5O.C15H14N4O/c1-9-4-2-3-5-12(9)18-14-11(15(16)21)7-17-19-8-10(20(22)23)6-13(14)19;1-10-5-3-4-6-12(10)18-15-13(16-2)8-17-19-9-11(20(21)22)7-14(15)19;1-9-4-2-3-5-12(9)19-14-11(15(17)21)7-18-20-8-10(16)6-13(14)20;1-10-5-2-3-6-12(10)18-14-11(15(16)20)9-17-19-8-4-7-13(14)19/h2-8,18H,1H3,(H2,16,21);3-9,18H,1H3;2-8,19H,16H2,1H3,(H2,17,21);2-9,18H,1H3,(H2,16,20). The van der Waals surface area contributed by atoms with Crippen LogP contribution in [0.4, 0.5) is 68.2 Å². The number of carbonyl (C=O) groups excluding carboxylic acids is 3. The Morgan fingerprint density at radius 3 is 1.19 bits per heavy atom. The molecule has 430 valence electrons. The van der Waals surface area contributed by atoms with E-state index in [9.17, 15) is 34.6 Å². The van der Waals surface area contributed by atoms with E-state index in [1.54, 1.807) is 21.3 Å². The van der Waals surface area contributed by atoms with Crippen molar-refractivity contribution in [3.63, 3.8) is 0 Å². The first-order valence-corrected chi connectivity index (χ1v) is 25.9. The number of amides is 3. The molecule has 0 saturated heterocycles. The second-order valence-electron chi connectivity index (χ2n) is 19.2. The van der Waals surface area contributed by atoms with Crippen molar-refractivity contribution in [1.82, 2.24) is 38.5 Å². The zero-order valence-corrected chi connectivity index (χ0v) is 46.3. The average molecular weight is 1150 g/mol. The van der Waals surface area contributed by atoms with Gasteiger partial charge in [-0.05, 0) is 92.4 Å². The molecule has 0 bridgehead atoms. The minimum absolute atomic E-state index is 0.0672. The number of para-hydroxylation sites is 4. The Kier molecular flexibility index (Phi) is 16.9. The number of hydrogen-bond donors (Lipinski definition) is 8. The van der Waals surface area contributed by atoms with Crippen molar-refractivity contribution in [2.45, 2.75) is 27.7 Å². The molecule has 4 aromatic carbocycles. The molecule has 8 aromatic heterocycles. The molecule has 26 nitrogen and oxygen atoms in total. The summed E-state index contributed by atoms with van der Waals surface area (Å²) in [4.78, 5) is 59.3. The second-order valence-corrected chi connectivity index (χ2v) is 19.2. The summed E-state index contributed by atoms with van der Waals surface area (Å²) in [6, 6.07) is 39.0. The molecule has 0 radical (unpaired) electrons. The minimum atomic E-state index is -0.667. The van der Waals surface area contributed by atoms with Crippen LogP contribution in [0.15, 0.2) is 177 Å². The van der Waals surface area contributed by atoms with E-state index in [-0.39, 0.29) is 16.9 Å². The van der Waals surface area contributed by atoms with E-state index in [0.717, 1.165) is 50.5 Å². The van der Waals surface area contributed by atoms with Gasteiger partial charge in [-0.1, -0.05) is 72.8 Å². The number of nitrogens with two attached hydrogens (primary N) is 4. The van der Waals surface area contributed by atoms with Crippen molar-refractivity contribution in [3.8, 4) is 0 Å². The fraction of sp³-hybridized carbons (Fsp3) is 0.0667. The second kappa shape index (κ2) is 25.0. The highest BCUT2D eigenvalue weighted by molar-refractivity contribution is 6.05. The number of rotatable bonds is 13. The fourth-order valence-electron chi connectivity index (χ4n) is 8.90. The molecule has 0 saturated carbocycles. The number of nitrogens with one attached hydrogen (secondary N) is 4. The predicted molar refractivity (Wildman–Crippen MR) is 328 cm³/mol. The summed E-state index contributed by atoms with van der Waals surface area (Å²) < 4.78 is 6.05. The van der Waals surface area contributed by atoms with E-state index in [2.05, 4.69) is 46.5 Å². The van der Waals surface area contributed by atoms with Gasteiger partial charge in [0.2, 0.25) is 5.69 Å². The van der Waals surface area contributed by atoms with E-state index < -0.39 is 27.6 Å². The topological polar surface area (TPSA) is 363 Å². The molecule has 0 aliphatic heterocycles. The van der Waals surface area contributed by atoms with E-state index >= 15 is 0 Å². The maximum Gasteiger partial charge on any atom is 0.289 e. The van der Waals surface area contributed by atoms with Gasteiger partial charge in [-0.2, -0.15) is 20.4 Å². The summed E-state index contributed by atoms with van der Waals surface area (Å²) in [6.45, 7) is 15.1. The lowest BCUT2D eigenvalue weighted by molar-refractivity contribution is -0.384. The summed E-state index contributed by atoms with van der Waals surface area (Å²) in [5, 5.41) is 51.1. The van der Waals surface area contributed by atoms with Crippen molar-refractivity contribution < 1.29 is 24.2 Å². The Hall–Kier alpha value is -12.7. The minimum Gasteiger partial charge on any atom is -0.397 e. The molecule has 0 aliphatic rings. The van der Waals surface area contributed by atoms with Crippen LogP contribution in [-0.2, 0) is 0 Å². The highest BCUT2D eigenvalue weighted by Gasteiger charge is 2.21. The van der Waals surface area contributed by atoms with Crippen LogP contribution in [0.25, 0.3) is 26.9 Å². The van der Waals surface area contributed by atoms with E-state index in [0.29, 0.717) is 61.8 Å². The van der Waals surface area contributed by atoms with E-state index in [4.69, 9.17) is 29.5 Å². The predicted octanol–water partition coefficient (Wildman–Crippen LogP) is 10.8. The number of hydrogen-bond acceptors (Lipinski definition) is 16. The normalized spacial score (nSPS) is 10.6. The van der Waals surface area contributed by atoms with Crippen LogP contribution < -0.4 is 44.2 Å². The molecular formula is C60H53N19O7. The van der Waals surface area contributed by atoms with Crippen LogP contribution in [0.3, 0.4) is 0 Å². The smallest absolute Gasteiger partial charge is 0.289 e. The van der Waals surface area contributed by atoms with Gasteiger partial charge in [0.25, 0.3) is 29.1 Å². The third kappa shape index (κ3) is 12.6. The van der Waals surface area contributed by atoms with Gasteiger partial charge in [0.05, 0.1) is 115 Å². The Labute approximate surface area is 488 Å². The SMILES string of the molecule is Cc1ccccc1Nc1c(C(N)=O)cnn2cc(N)cc12.Cc1ccccc1Nc1c(C(N)=O)cnn2cc([N+](=O)[O-])cc12.Cc1ccccc1Nc1c(C(N)=O)cnn2cccc12.[C-]#[N+]c1cnn2cc([N+](=O)[O-])cc2c1Nc1ccccc1C. The van der Waals surface area contributed by atoms with Crippen molar-refractivity contribution in [2.24, 2.45) is 17.2 Å². The molecule has 26 heteroatoms. The molecule has 12 rings (SSSR count). The molecule has 0 atom stereocenters. The summed E-state index contributed by atoms with van der Waals surface area (Å²) >= 11 is 0. The van der Waals surface area contributed by atoms with Crippen LogP contribution in [0.5, 0.6) is 0 Å². The monoisotopic (exact) mass is 1150 g/mol. The molecule has 12 N–H and O–H groups in total. The highest BCUT2D eigenvalue weighted by Crippen LogP contribution is 2.36. The fourth-order valence-corrected chi connectivity index (χ4v) is 8.90. The molecular weight excluding hydrogens is 1100 g/mol. The summed E-state index contributed by atoms with van der Waals surface area (Å²) in [6.07, 6.45) is 11.7. The van der Waals surface area contributed by atoms with Crippen molar-refractivity contribution >= 4 is 108 Å². The van der Waals surface area contributed by atoms with Gasteiger partial charge in [0, 0.05) is 41.1 Å². The highest BCUT2D eigenvalue weighted by atomic mass is 16.6. The average Bonchev–Trinajstić information content (AvgIpc) is 4.51. The molecule has 0 fully saturated rings. The number of fused-ring (bicyclic) bond motifs is 4. The van der Waals surface area contributed by atoms with Gasteiger partial charge >= 0.3 is 0 Å². The van der Waals surface area contributed by atoms with Crippen LogP contribution in [0.2, 0.25) is 0 Å². The lowest BCUT2D eigenvalue weighted by Crippen LogP contribution is -2.15.